The number of para-hydroxylation sites is 1. The Labute approximate surface area is 190 Å². The van der Waals surface area contributed by atoms with Gasteiger partial charge in [-0.25, -0.2) is 4.79 Å². The van der Waals surface area contributed by atoms with Crippen LogP contribution in [-0.4, -0.2) is 37.5 Å². The molecule has 1 amide bonds. The average Bonchev–Trinajstić information content (AvgIpc) is 3.42. The molecule has 156 valence electrons. The van der Waals surface area contributed by atoms with Crippen LogP contribution in [0.2, 0.25) is 5.02 Å². The first-order valence-corrected chi connectivity index (χ1v) is 11.3. The van der Waals surface area contributed by atoms with Crippen molar-refractivity contribution in [2.45, 2.75) is 5.16 Å². The number of carboxylic acid groups (broad SMARTS) is 1. The summed E-state index contributed by atoms with van der Waals surface area (Å²) in [5, 5.41) is 23.4. The summed E-state index contributed by atoms with van der Waals surface area (Å²) < 4.78 is 1.83. The average molecular weight is 471 g/mol. The van der Waals surface area contributed by atoms with Crippen molar-refractivity contribution in [1.29, 1.82) is 0 Å². The minimum absolute atomic E-state index is 0.0598. The summed E-state index contributed by atoms with van der Waals surface area (Å²) in [5.74, 6) is -0.650. The van der Waals surface area contributed by atoms with Crippen molar-refractivity contribution in [3.8, 4) is 16.4 Å². The van der Waals surface area contributed by atoms with Crippen molar-refractivity contribution in [2.75, 3.05) is 11.1 Å². The van der Waals surface area contributed by atoms with E-state index in [1.54, 1.807) is 18.2 Å². The van der Waals surface area contributed by atoms with Gasteiger partial charge in [0.05, 0.1) is 26.9 Å². The molecule has 2 aromatic carbocycles. The molecule has 0 saturated heterocycles. The molecule has 0 aliphatic rings. The van der Waals surface area contributed by atoms with E-state index in [1.807, 2.05) is 40.3 Å². The van der Waals surface area contributed by atoms with Gasteiger partial charge in [0.25, 0.3) is 0 Å². The molecule has 2 N–H and O–H groups in total. The third-order valence-electron chi connectivity index (χ3n) is 4.19. The van der Waals surface area contributed by atoms with Crippen molar-refractivity contribution in [2.24, 2.45) is 0 Å². The summed E-state index contributed by atoms with van der Waals surface area (Å²) in [7, 11) is 0. The van der Waals surface area contributed by atoms with E-state index in [9.17, 15) is 9.59 Å². The predicted octanol–water partition coefficient (Wildman–Crippen LogP) is 5.08. The zero-order valence-corrected chi connectivity index (χ0v) is 18.2. The summed E-state index contributed by atoms with van der Waals surface area (Å²) in [6, 6.07) is 17.3. The number of carbonyl (C=O) groups is 2. The summed E-state index contributed by atoms with van der Waals surface area (Å²) >= 11 is 9.17. The number of aromatic nitrogens is 3. The van der Waals surface area contributed by atoms with Crippen LogP contribution >= 0.6 is 34.7 Å². The molecule has 0 radical (unpaired) electrons. The molecule has 0 aliphatic carbocycles. The van der Waals surface area contributed by atoms with Crippen LogP contribution in [0, 0.1) is 0 Å². The minimum atomic E-state index is -1.06. The molecule has 0 aliphatic heterocycles. The van der Waals surface area contributed by atoms with Crippen LogP contribution in [0.5, 0.6) is 0 Å². The number of carbonyl (C=O) groups excluding carboxylic acids is 1. The van der Waals surface area contributed by atoms with Crippen molar-refractivity contribution >= 4 is 52.3 Å². The molecular weight excluding hydrogens is 456 g/mol. The van der Waals surface area contributed by atoms with Crippen LogP contribution in [0.4, 0.5) is 5.69 Å². The Morgan fingerprint density at radius 1 is 1.10 bits per heavy atom. The van der Waals surface area contributed by atoms with Crippen LogP contribution in [0.3, 0.4) is 0 Å². The largest absolute Gasteiger partial charge is 0.478 e. The van der Waals surface area contributed by atoms with E-state index < -0.39 is 5.97 Å². The molecule has 0 spiro atoms. The highest BCUT2D eigenvalue weighted by Crippen LogP contribution is 2.33. The number of nitrogens with one attached hydrogen (secondary N) is 1. The fourth-order valence-corrected chi connectivity index (χ4v) is 4.50. The van der Waals surface area contributed by atoms with Crippen molar-refractivity contribution < 1.29 is 14.7 Å². The number of nitrogens with zero attached hydrogens (tertiary/aromatic N) is 3. The second kappa shape index (κ2) is 9.34. The number of thiophene rings is 1. The third kappa shape index (κ3) is 4.79. The molecule has 2 heterocycles. The SMILES string of the molecule is O=C(CSc1nnc(-c2cccs2)n1-c1ccccc1Cl)Nc1cccc(C(=O)O)c1. The van der Waals surface area contributed by atoms with Gasteiger partial charge in [-0.1, -0.05) is 47.6 Å². The first-order valence-electron chi connectivity index (χ1n) is 9.03. The van der Waals surface area contributed by atoms with Gasteiger partial charge in [0.2, 0.25) is 5.91 Å². The minimum Gasteiger partial charge on any atom is -0.478 e. The lowest BCUT2D eigenvalue weighted by atomic mass is 10.2. The molecule has 7 nitrogen and oxygen atoms in total. The second-order valence-electron chi connectivity index (χ2n) is 6.29. The molecule has 2 aromatic heterocycles. The molecule has 4 rings (SSSR count). The number of anilines is 1. The number of aromatic carboxylic acids is 1. The second-order valence-corrected chi connectivity index (χ2v) is 8.59. The lowest BCUT2D eigenvalue weighted by molar-refractivity contribution is -0.113. The van der Waals surface area contributed by atoms with Crippen LogP contribution in [0.15, 0.2) is 71.2 Å². The van der Waals surface area contributed by atoms with Gasteiger partial charge >= 0.3 is 5.97 Å². The Kier molecular flexibility index (Phi) is 6.36. The van der Waals surface area contributed by atoms with E-state index >= 15 is 0 Å². The summed E-state index contributed by atoms with van der Waals surface area (Å²) in [6.07, 6.45) is 0. The normalized spacial score (nSPS) is 10.7. The molecule has 0 atom stereocenters. The fourth-order valence-electron chi connectivity index (χ4n) is 2.84. The number of thioether (sulfide) groups is 1. The number of rotatable bonds is 7. The Balaban J connectivity index is 1.56. The Hall–Kier alpha value is -3.14. The lowest BCUT2D eigenvalue weighted by Crippen LogP contribution is -2.15. The quantitative estimate of drug-likeness (QED) is 0.366. The van der Waals surface area contributed by atoms with Gasteiger partial charge in [0.15, 0.2) is 11.0 Å². The molecule has 0 bridgehead atoms. The van der Waals surface area contributed by atoms with Gasteiger partial charge in [0.1, 0.15) is 0 Å². The first kappa shape index (κ1) is 21.1. The maximum Gasteiger partial charge on any atom is 0.335 e. The van der Waals surface area contributed by atoms with Crippen molar-refractivity contribution in [3.05, 3.63) is 76.6 Å². The van der Waals surface area contributed by atoms with Crippen molar-refractivity contribution in [3.63, 3.8) is 0 Å². The molecule has 10 heteroatoms. The number of benzene rings is 2. The van der Waals surface area contributed by atoms with E-state index in [0.717, 1.165) is 10.6 Å². The van der Waals surface area contributed by atoms with Gasteiger partial charge in [-0.3, -0.25) is 9.36 Å². The Morgan fingerprint density at radius 3 is 2.68 bits per heavy atom. The topological polar surface area (TPSA) is 97.1 Å². The first-order chi connectivity index (χ1) is 15.0. The van der Waals surface area contributed by atoms with Crippen molar-refractivity contribution in [1.82, 2.24) is 14.8 Å². The predicted molar refractivity (Wildman–Crippen MR) is 122 cm³/mol. The maximum absolute atomic E-state index is 12.5. The number of hydrogen-bond donors (Lipinski definition) is 2. The van der Waals surface area contributed by atoms with Gasteiger partial charge in [0, 0.05) is 5.69 Å². The molecule has 0 fully saturated rings. The Bertz CT molecular complexity index is 1240. The van der Waals surface area contributed by atoms with Gasteiger partial charge in [-0.2, -0.15) is 0 Å². The summed E-state index contributed by atoms with van der Waals surface area (Å²) in [4.78, 5) is 24.5. The van der Waals surface area contributed by atoms with E-state index in [2.05, 4.69) is 15.5 Å². The third-order valence-corrected chi connectivity index (χ3v) is 6.31. The van der Waals surface area contributed by atoms with E-state index in [-0.39, 0.29) is 17.2 Å². The highest BCUT2D eigenvalue weighted by Gasteiger charge is 2.19. The van der Waals surface area contributed by atoms with Crippen LogP contribution in [-0.2, 0) is 4.79 Å². The van der Waals surface area contributed by atoms with Gasteiger partial charge < -0.3 is 10.4 Å². The highest BCUT2D eigenvalue weighted by molar-refractivity contribution is 7.99. The van der Waals surface area contributed by atoms with Crippen LogP contribution in [0.25, 0.3) is 16.4 Å². The zero-order valence-electron chi connectivity index (χ0n) is 15.9. The molecule has 31 heavy (non-hydrogen) atoms. The fraction of sp³-hybridized carbons (Fsp3) is 0.0476. The lowest BCUT2D eigenvalue weighted by Gasteiger charge is -2.11. The zero-order chi connectivity index (χ0) is 21.8. The summed E-state index contributed by atoms with van der Waals surface area (Å²) in [5.41, 5.74) is 1.23. The van der Waals surface area contributed by atoms with Gasteiger partial charge in [-0.15, -0.1) is 21.5 Å². The number of carboxylic acids is 1. The van der Waals surface area contributed by atoms with E-state index in [0.29, 0.717) is 21.7 Å². The number of halogens is 1. The molecule has 0 saturated carbocycles. The molecule has 0 unspecified atom stereocenters. The van der Waals surface area contributed by atoms with Crippen LogP contribution < -0.4 is 5.32 Å². The molecule has 4 aromatic rings. The molecular formula is C21H15ClN4O3S2. The highest BCUT2D eigenvalue weighted by atomic mass is 35.5. The van der Waals surface area contributed by atoms with Crippen LogP contribution in [0.1, 0.15) is 10.4 Å². The standard InChI is InChI=1S/C21H15ClN4O3S2/c22-15-7-1-2-8-16(15)26-19(17-9-4-10-30-17)24-25-21(26)31-12-18(27)23-14-6-3-5-13(11-14)20(28)29/h1-11H,12H2,(H,23,27)(H,28,29). The maximum atomic E-state index is 12.5. The smallest absolute Gasteiger partial charge is 0.335 e. The Morgan fingerprint density at radius 2 is 1.94 bits per heavy atom. The van der Waals surface area contributed by atoms with E-state index in [1.165, 1.54) is 35.2 Å². The monoisotopic (exact) mass is 470 g/mol. The van der Waals surface area contributed by atoms with Gasteiger partial charge in [-0.05, 0) is 41.8 Å². The van der Waals surface area contributed by atoms with E-state index in [4.69, 9.17) is 16.7 Å². The number of amides is 1. The summed E-state index contributed by atoms with van der Waals surface area (Å²) in [6.45, 7) is 0. The number of hydrogen-bond acceptors (Lipinski definition) is 6.